The lowest BCUT2D eigenvalue weighted by Gasteiger charge is -2.23. The summed E-state index contributed by atoms with van der Waals surface area (Å²) >= 11 is 0. The van der Waals surface area contributed by atoms with Crippen molar-refractivity contribution in [2.75, 3.05) is 13.1 Å². The van der Waals surface area contributed by atoms with Gasteiger partial charge in [-0.05, 0) is 31.5 Å². The standard InChI is InChI=1S/C11H13F3N2O/c12-11(13,14)10-4-3-9(7-16-10)17-8-2-1-5-15-6-8/h3-4,7-8,15H,1-2,5-6H2. The molecule has 1 aromatic heterocycles. The van der Waals surface area contributed by atoms with E-state index in [0.29, 0.717) is 5.75 Å². The summed E-state index contributed by atoms with van der Waals surface area (Å²) in [6.07, 6.45) is -1.34. The van der Waals surface area contributed by atoms with Crippen molar-refractivity contribution in [3.63, 3.8) is 0 Å². The van der Waals surface area contributed by atoms with Crippen LogP contribution in [-0.4, -0.2) is 24.2 Å². The van der Waals surface area contributed by atoms with E-state index >= 15 is 0 Å². The van der Waals surface area contributed by atoms with Crippen molar-refractivity contribution in [3.8, 4) is 5.75 Å². The van der Waals surface area contributed by atoms with Crippen LogP contribution in [0.2, 0.25) is 0 Å². The van der Waals surface area contributed by atoms with Gasteiger partial charge in [0.05, 0.1) is 6.20 Å². The van der Waals surface area contributed by atoms with E-state index in [2.05, 4.69) is 10.3 Å². The minimum absolute atomic E-state index is 0.0160. The van der Waals surface area contributed by atoms with Crippen molar-refractivity contribution < 1.29 is 17.9 Å². The molecule has 1 aliphatic rings. The molecule has 1 saturated heterocycles. The summed E-state index contributed by atoms with van der Waals surface area (Å²) in [5, 5.41) is 3.17. The van der Waals surface area contributed by atoms with Crippen LogP contribution in [0.3, 0.4) is 0 Å². The molecule has 0 bridgehead atoms. The highest BCUT2D eigenvalue weighted by molar-refractivity contribution is 5.21. The maximum Gasteiger partial charge on any atom is 0.433 e. The molecule has 1 aliphatic heterocycles. The van der Waals surface area contributed by atoms with Gasteiger partial charge in [-0.2, -0.15) is 13.2 Å². The zero-order chi connectivity index (χ0) is 12.3. The van der Waals surface area contributed by atoms with E-state index in [1.807, 2.05) is 0 Å². The summed E-state index contributed by atoms with van der Waals surface area (Å²) in [6, 6.07) is 2.25. The first-order valence-corrected chi connectivity index (χ1v) is 5.46. The summed E-state index contributed by atoms with van der Waals surface area (Å²) in [5.74, 6) is 0.381. The van der Waals surface area contributed by atoms with Gasteiger partial charge in [0, 0.05) is 6.54 Å². The Morgan fingerprint density at radius 1 is 1.35 bits per heavy atom. The first kappa shape index (κ1) is 12.2. The lowest BCUT2D eigenvalue weighted by molar-refractivity contribution is -0.141. The molecule has 0 aromatic carbocycles. The number of alkyl halides is 3. The fourth-order valence-corrected chi connectivity index (χ4v) is 1.73. The highest BCUT2D eigenvalue weighted by Crippen LogP contribution is 2.28. The van der Waals surface area contributed by atoms with Gasteiger partial charge in [0.1, 0.15) is 17.5 Å². The number of halogens is 3. The molecule has 94 valence electrons. The fourth-order valence-electron chi connectivity index (χ4n) is 1.73. The van der Waals surface area contributed by atoms with Crippen LogP contribution >= 0.6 is 0 Å². The lowest BCUT2D eigenvalue weighted by Crippen LogP contribution is -2.37. The van der Waals surface area contributed by atoms with Crippen molar-refractivity contribution in [1.29, 1.82) is 0 Å². The van der Waals surface area contributed by atoms with E-state index in [0.717, 1.165) is 38.2 Å². The maximum atomic E-state index is 12.3. The SMILES string of the molecule is FC(F)(F)c1ccc(OC2CCCNC2)cn1. The normalized spacial score (nSPS) is 21.2. The van der Waals surface area contributed by atoms with Gasteiger partial charge in [0.15, 0.2) is 0 Å². The highest BCUT2D eigenvalue weighted by atomic mass is 19.4. The quantitative estimate of drug-likeness (QED) is 0.868. The maximum absolute atomic E-state index is 12.3. The van der Waals surface area contributed by atoms with Crippen LogP contribution in [0.5, 0.6) is 5.75 Å². The first-order valence-electron chi connectivity index (χ1n) is 5.46. The van der Waals surface area contributed by atoms with Crippen LogP contribution in [0.4, 0.5) is 13.2 Å². The predicted molar refractivity (Wildman–Crippen MR) is 55.8 cm³/mol. The number of aromatic nitrogens is 1. The molecule has 3 nitrogen and oxygen atoms in total. The van der Waals surface area contributed by atoms with Crippen molar-refractivity contribution >= 4 is 0 Å². The van der Waals surface area contributed by atoms with E-state index in [-0.39, 0.29) is 6.10 Å². The Morgan fingerprint density at radius 3 is 2.71 bits per heavy atom. The zero-order valence-electron chi connectivity index (χ0n) is 9.13. The van der Waals surface area contributed by atoms with Gasteiger partial charge in [-0.3, -0.25) is 0 Å². The third kappa shape index (κ3) is 3.33. The van der Waals surface area contributed by atoms with Gasteiger partial charge in [-0.1, -0.05) is 0 Å². The zero-order valence-corrected chi connectivity index (χ0v) is 9.13. The summed E-state index contributed by atoms with van der Waals surface area (Å²) in [4.78, 5) is 3.35. The molecule has 2 rings (SSSR count). The Morgan fingerprint density at radius 2 is 2.18 bits per heavy atom. The third-order valence-electron chi connectivity index (χ3n) is 2.58. The second-order valence-corrected chi connectivity index (χ2v) is 3.96. The van der Waals surface area contributed by atoms with E-state index in [1.165, 1.54) is 6.07 Å². The summed E-state index contributed by atoms with van der Waals surface area (Å²) in [7, 11) is 0. The minimum atomic E-state index is -4.40. The molecule has 6 heteroatoms. The fraction of sp³-hybridized carbons (Fsp3) is 0.545. The molecular formula is C11H13F3N2O. The Balaban J connectivity index is 1.98. The van der Waals surface area contributed by atoms with Crippen LogP contribution < -0.4 is 10.1 Å². The highest BCUT2D eigenvalue weighted by Gasteiger charge is 2.32. The average Bonchev–Trinajstić information content (AvgIpc) is 2.30. The summed E-state index contributed by atoms with van der Waals surface area (Å²) < 4.78 is 42.3. The van der Waals surface area contributed by atoms with Gasteiger partial charge in [-0.25, -0.2) is 4.98 Å². The molecule has 17 heavy (non-hydrogen) atoms. The number of ether oxygens (including phenoxy) is 1. The van der Waals surface area contributed by atoms with Crippen LogP contribution in [0, 0.1) is 0 Å². The predicted octanol–water partition coefficient (Wildman–Crippen LogP) is 2.23. The summed E-state index contributed by atoms with van der Waals surface area (Å²) in [5.41, 5.74) is -0.897. The molecule has 1 unspecified atom stereocenters. The monoisotopic (exact) mass is 246 g/mol. The van der Waals surface area contributed by atoms with E-state index < -0.39 is 11.9 Å². The Hall–Kier alpha value is -1.30. The van der Waals surface area contributed by atoms with Gasteiger partial charge >= 0.3 is 6.18 Å². The van der Waals surface area contributed by atoms with Crippen LogP contribution in [0.15, 0.2) is 18.3 Å². The molecule has 0 saturated carbocycles. The Kier molecular flexibility index (Phi) is 3.51. The van der Waals surface area contributed by atoms with Crippen LogP contribution in [0.1, 0.15) is 18.5 Å². The Bertz CT molecular complexity index is 358. The molecule has 1 fully saturated rings. The van der Waals surface area contributed by atoms with E-state index in [4.69, 9.17) is 4.74 Å². The lowest BCUT2D eigenvalue weighted by atomic mass is 10.1. The molecule has 0 aliphatic carbocycles. The number of nitrogens with zero attached hydrogens (tertiary/aromatic N) is 1. The smallest absolute Gasteiger partial charge is 0.433 e. The second-order valence-electron chi connectivity index (χ2n) is 3.96. The molecule has 0 radical (unpaired) electrons. The second kappa shape index (κ2) is 4.91. The number of hydrogen-bond donors (Lipinski definition) is 1. The van der Waals surface area contributed by atoms with Crippen molar-refractivity contribution in [2.45, 2.75) is 25.1 Å². The summed E-state index contributed by atoms with van der Waals surface area (Å²) in [6.45, 7) is 1.69. The number of nitrogens with one attached hydrogen (secondary N) is 1. The number of rotatable bonds is 2. The van der Waals surface area contributed by atoms with Crippen molar-refractivity contribution in [3.05, 3.63) is 24.0 Å². The minimum Gasteiger partial charge on any atom is -0.487 e. The molecule has 0 amide bonds. The molecule has 1 N–H and O–H groups in total. The number of hydrogen-bond acceptors (Lipinski definition) is 3. The van der Waals surface area contributed by atoms with Gasteiger partial charge < -0.3 is 10.1 Å². The average molecular weight is 246 g/mol. The van der Waals surface area contributed by atoms with Gasteiger partial charge in [-0.15, -0.1) is 0 Å². The van der Waals surface area contributed by atoms with Gasteiger partial charge in [0.25, 0.3) is 0 Å². The first-order chi connectivity index (χ1) is 8.05. The largest absolute Gasteiger partial charge is 0.487 e. The van der Waals surface area contributed by atoms with Crippen molar-refractivity contribution in [2.24, 2.45) is 0 Å². The number of pyridine rings is 1. The van der Waals surface area contributed by atoms with Crippen LogP contribution in [-0.2, 0) is 6.18 Å². The van der Waals surface area contributed by atoms with Crippen LogP contribution in [0.25, 0.3) is 0 Å². The molecule has 1 aromatic rings. The number of piperidine rings is 1. The van der Waals surface area contributed by atoms with E-state index in [9.17, 15) is 13.2 Å². The molecule has 2 heterocycles. The molecular weight excluding hydrogens is 233 g/mol. The third-order valence-corrected chi connectivity index (χ3v) is 2.58. The Labute approximate surface area is 97.0 Å². The molecule has 1 atom stereocenters. The molecule has 0 spiro atoms. The van der Waals surface area contributed by atoms with Crippen molar-refractivity contribution in [1.82, 2.24) is 10.3 Å². The van der Waals surface area contributed by atoms with Gasteiger partial charge in [0.2, 0.25) is 0 Å². The van der Waals surface area contributed by atoms with E-state index in [1.54, 1.807) is 0 Å². The topological polar surface area (TPSA) is 34.1 Å².